The number of para-hydroxylation sites is 1. The summed E-state index contributed by atoms with van der Waals surface area (Å²) in [6, 6.07) is 7.71. The normalized spacial score (nSPS) is 15.3. The van der Waals surface area contributed by atoms with Crippen LogP contribution in [-0.2, 0) is 19.1 Å². The van der Waals surface area contributed by atoms with Crippen LogP contribution in [0.1, 0.15) is 40.5 Å². The number of aromatic nitrogens is 1. The molecule has 162 valence electrons. The van der Waals surface area contributed by atoms with Gasteiger partial charge in [0.2, 0.25) is 5.91 Å². The maximum atomic E-state index is 12.7. The van der Waals surface area contributed by atoms with Crippen molar-refractivity contribution in [1.29, 1.82) is 0 Å². The Morgan fingerprint density at radius 2 is 1.87 bits per heavy atom. The molecule has 0 saturated carbocycles. The van der Waals surface area contributed by atoms with Gasteiger partial charge in [-0.15, -0.1) is 0 Å². The highest BCUT2D eigenvalue weighted by atomic mass is 32.1. The number of nitrogens with zero attached hydrogens (tertiary/aromatic N) is 3. The number of esters is 1. The SMILES string of the molecule is CCN(C(=O)COC(=O)C1CCN(C(=O)C(C)(C)C)CC1)c1nc2ccccc2s1. The number of anilines is 1. The van der Waals surface area contributed by atoms with Gasteiger partial charge in [0.05, 0.1) is 16.1 Å². The van der Waals surface area contributed by atoms with Crippen LogP contribution < -0.4 is 4.90 Å². The number of hydrogen-bond acceptors (Lipinski definition) is 6. The van der Waals surface area contributed by atoms with E-state index in [0.717, 1.165) is 10.2 Å². The molecule has 3 rings (SSSR count). The quantitative estimate of drug-likeness (QED) is 0.677. The Morgan fingerprint density at radius 3 is 2.47 bits per heavy atom. The monoisotopic (exact) mass is 431 g/mol. The van der Waals surface area contributed by atoms with Crippen molar-refractivity contribution in [2.24, 2.45) is 11.3 Å². The molecule has 1 aromatic carbocycles. The van der Waals surface area contributed by atoms with E-state index in [0.29, 0.717) is 37.6 Å². The Hall–Kier alpha value is -2.48. The van der Waals surface area contributed by atoms with Crippen molar-refractivity contribution in [3.63, 3.8) is 0 Å². The predicted octanol–water partition coefficient (Wildman–Crippen LogP) is 3.48. The first-order valence-electron chi connectivity index (χ1n) is 10.3. The van der Waals surface area contributed by atoms with E-state index in [2.05, 4.69) is 4.98 Å². The van der Waals surface area contributed by atoms with Gasteiger partial charge in [0.25, 0.3) is 5.91 Å². The van der Waals surface area contributed by atoms with Crippen LogP contribution in [0.5, 0.6) is 0 Å². The van der Waals surface area contributed by atoms with Gasteiger partial charge in [0, 0.05) is 25.0 Å². The van der Waals surface area contributed by atoms with Crippen LogP contribution in [0.2, 0.25) is 0 Å². The van der Waals surface area contributed by atoms with Crippen molar-refractivity contribution in [2.45, 2.75) is 40.5 Å². The van der Waals surface area contributed by atoms with E-state index < -0.39 is 5.41 Å². The van der Waals surface area contributed by atoms with Crippen LogP contribution in [0.3, 0.4) is 0 Å². The van der Waals surface area contributed by atoms with Gasteiger partial charge in [-0.2, -0.15) is 0 Å². The third-order valence-electron chi connectivity index (χ3n) is 5.23. The van der Waals surface area contributed by atoms with Crippen molar-refractivity contribution in [3.05, 3.63) is 24.3 Å². The first-order valence-corrected chi connectivity index (χ1v) is 11.1. The van der Waals surface area contributed by atoms with Gasteiger partial charge >= 0.3 is 5.97 Å². The second-order valence-electron chi connectivity index (χ2n) is 8.53. The van der Waals surface area contributed by atoms with E-state index in [1.807, 2.05) is 52.0 Å². The number of piperidine rings is 1. The zero-order chi connectivity index (χ0) is 21.9. The summed E-state index contributed by atoms with van der Waals surface area (Å²) in [6.07, 6.45) is 1.12. The molecule has 0 N–H and O–H groups in total. The summed E-state index contributed by atoms with van der Waals surface area (Å²) in [5.41, 5.74) is 0.418. The molecule has 2 heterocycles. The van der Waals surface area contributed by atoms with Gasteiger partial charge < -0.3 is 9.64 Å². The molecule has 0 unspecified atom stereocenters. The average molecular weight is 432 g/mol. The molecule has 2 aromatic rings. The minimum Gasteiger partial charge on any atom is -0.455 e. The summed E-state index contributed by atoms with van der Waals surface area (Å²) < 4.78 is 6.33. The summed E-state index contributed by atoms with van der Waals surface area (Å²) in [5.74, 6) is -0.838. The van der Waals surface area contributed by atoms with Crippen LogP contribution in [0.4, 0.5) is 5.13 Å². The number of likely N-dealkylation sites (N-methyl/N-ethyl adjacent to an activating group) is 1. The van der Waals surface area contributed by atoms with Gasteiger partial charge in [-0.25, -0.2) is 4.98 Å². The lowest BCUT2D eigenvalue weighted by atomic mass is 9.91. The Balaban J connectivity index is 1.52. The number of amides is 2. The van der Waals surface area contributed by atoms with Gasteiger partial charge in [-0.1, -0.05) is 44.2 Å². The molecule has 0 spiro atoms. The number of carbonyl (C=O) groups excluding carboxylic acids is 3. The highest BCUT2D eigenvalue weighted by Crippen LogP contribution is 2.29. The Kier molecular flexibility index (Phi) is 6.75. The lowest BCUT2D eigenvalue weighted by Crippen LogP contribution is -2.45. The highest BCUT2D eigenvalue weighted by molar-refractivity contribution is 7.22. The molecule has 8 heteroatoms. The lowest BCUT2D eigenvalue weighted by molar-refractivity contribution is -0.155. The number of hydrogen-bond donors (Lipinski definition) is 0. The summed E-state index contributed by atoms with van der Waals surface area (Å²) in [4.78, 5) is 45.3. The highest BCUT2D eigenvalue weighted by Gasteiger charge is 2.33. The number of ether oxygens (including phenoxy) is 1. The molecular formula is C22H29N3O4S. The van der Waals surface area contributed by atoms with Crippen molar-refractivity contribution < 1.29 is 19.1 Å². The minimum absolute atomic E-state index is 0.0962. The number of likely N-dealkylation sites (tertiary alicyclic amines) is 1. The molecule has 0 atom stereocenters. The van der Waals surface area contributed by atoms with E-state index in [9.17, 15) is 14.4 Å². The lowest BCUT2D eigenvalue weighted by Gasteiger charge is -2.35. The van der Waals surface area contributed by atoms with Crippen LogP contribution >= 0.6 is 11.3 Å². The fraction of sp³-hybridized carbons (Fsp3) is 0.545. The van der Waals surface area contributed by atoms with Gasteiger partial charge in [0.1, 0.15) is 0 Å². The molecular weight excluding hydrogens is 402 g/mol. The van der Waals surface area contributed by atoms with Crippen LogP contribution in [0.15, 0.2) is 24.3 Å². The Morgan fingerprint density at radius 1 is 1.20 bits per heavy atom. The van der Waals surface area contributed by atoms with Crippen molar-refractivity contribution in [1.82, 2.24) is 9.88 Å². The summed E-state index contributed by atoms with van der Waals surface area (Å²) in [6.45, 7) is 8.78. The third kappa shape index (κ3) is 4.98. The van der Waals surface area contributed by atoms with E-state index in [1.54, 1.807) is 9.80 Å². The first kappa shape index (κ1) is 22.2. The molecule has 1 aliphatic rings. The van der Waals surface area contributed by atoms with E-state index in [1.165, 1.54) is 11.3 Å². The Labute approximate surface area is 181 Å². The fourth-order valence-electron chi connectivity index (χ4n) is 3.52. The molecule has 0 bridgehead atoms. The van der Waals surface area contributed by atoms with E-state index >= 15 is 0 Å². The van der Waals surface area contributed by atoms with Crippen molar-refractivity contribution >= 4 is 44.5 Å². The first-order chi connectivity index (χ1) is 14.2. The van der Waals surface area contributed by atoms with E-state index in [4.69, 9.17) is 4.74 Å². The topological polar surface area (TPSA) is 79.8 Å². The van der Waals surface area contributed by atoms with Gasteiger partial charge in [-0.05, 0) is 31.9 Å². The number of fused-ring (bicyclic) bond motifs is 1. The molecule has 30 heavy (non-hydrogen) atoms. The molecule has 2 amide bonds. The molecule has 0 radical (unpaired) electrons. The van der Waals surface area contributed by atoms with Crippen molar-refractivity contribution in [2.75, 3.05) is 31.1 Å². The number of benzene rings is 1. The number of rotatable bonds is 5. The molecule has 1 aliphatic heterocycles. The molecule has 1 saturated heterocycles. The Bertz CT molecular complexity index is 893. The minimum atomic E-state index is -0.427. The average Bonchev–Trinajstić information content (AvgIpc) is 3.15. The molecule has 7 nitrogen and oxygen atoms in total. The smallest absolute Gasteiger partial charge is 0.309 e. The van der Waals surface area contributed by atoms with Gasteiger partial charge in [-0.3, -0.25) is 19.3 Å². The maximum absolute atomic E-state index is 12.7. The fourth-order valence-corrected chi connectivity index (χ4v) is 4.56. The standard InChI is InChI=1S/C22H29N3O4S/c1-5-25(21-23-16-8-6-7-9-17(16)30-21)18(26)14-29-19(27)15-10-12-24(13-11-15)20(28)22(2,3)4/h6-9,15H,5,10-14H2,1-4H3. The molecule has 1 fully saturated rings. The maximum Gasteiger partial charge on any atom is 0.309 e. The zero-order valence-corrected chi connectivity index (χ0v) is 18.8. The van der Waals surface area contributed by atoms with Crippen LogP contribution in [-0.4, -0.2) is 53.9 Å². The molecule has 0 aliphatic carbocycles. The number of carbonyl (C=O) groups is 3. The van der Waals surface area contributed by atoms with Crippen molar-refractivity contribution in [3.8, 4) is 0 Å². The zero-order valence-electron chi connectivity index (χ0n) is 18.0. The summed E-state index contributed by atoms with van der Waals surface area (Å²) in [5, 5.41) is 0.605. The van der Waals surface area contributed by atoms with Crippen LogP contribution in [0, 0.1) is 11.3 Å². The van der Waals surface area contributed by atoms with Crippen LogP contribution in [0.25, 0.3) is 10.2 Å². The third-order valence-corrected chi connectivity index (χ3v) is 6.29. The van der Waals surface area contributed by atoms with E-state index in [-0.39, 0.29) is 30.3 Å². The summed E-state index contributed by atoms with van der Waals surface area (Å²) >= 11 is 1.44. The predicted molar refractivity (Wildman–Crippen MR) is 117 cm³/mol. The second kappa shape index (κ2) is 9.12. The number of thiazole rings is 1. The second-order valence-corrected chi connectivity index (χ2v) is 9.54. The molecule has 1 aromatic heterocycles. The largest absolute Gasteiger partial charge is 0.455 e. The summed E-state index contributed by atoms with van der Waals surface area (Å²) in [7, 11) is 0. The van der Waals surface area contributed by atoms with Gasteiger partial charge in [0.15, 0.2) is 11.7 Å².